The maximum atomic E-state index is 12.7. The summed E-state index contributed by atoms with van der Waals surface area (Å²) in [4.78, 5) is 12.7. The van der Waals surface area contributed by atoms with E-state index in [9.17, 15) is 4.79 Å². The molecule has 3 aromatic heterocycles. The van der Waals surface area contributed by atoms with E-state index in [0.29, 0.717) is 12.1 Å². The molecule has 0 fully saturated rings. The van der Waals surface area contributed by atoms with Crippen molar-refractivity contribution in [2.75, 3.05) is 0 Å². The van der Waals surface area contributed by atoms with Crippen molar-refractivity contribution in [2.45, 2.75) is 20.4 Å². The zero-order chi connectivity index (χ0) is 20.2. The van der Waals surface area contributed by atoms with Gasteiger partial charge in [0.1, 0.15) is 5.76 Å². The Balaban J connectivity index is 1.50. The minimum absolute atomic E-state index is 0.255. The van der Waals surface area contributed by atoms with Crippen LogP contribution < -0.4 is 5.43 Å². The molecule has 0 aliphatic rings. The van der Waals surface area contributed by atoms with Crippen LogP contribution in [0.4, 0.5) is 0 Å². The van der Waals surface area contributed by atoms with Crippen LogP contribution in [0.2, 0.25) is 0 Å². The van der Waals surface area contributed by atoms with Gasteiger partial charge in [0, 0.05) is 29.3 Å². The summed E-state index contributed by atoms with van der Waals surface area (Å²) < 4.78 is 9.51. The summed E-state index contributed by atoms with van der Waals surface area (Å²) in [6.07, 6.45) is 7.16. The van der Waals surface area contributed by atoms with Gasteiger partial charge in [-0.2, -0.15) is 5.10 Å². The molecule has 0 spiro atoms. The van der Waals surface area contributed by atoms with E-state index in [4.69, 9.17) is 4.42 Å². The number of hydrogen-bond acceptors (Lipinski definition) is 3. The number of carbonyl (C=O) groups is 1. The van der Waals surface area contributed by atoms with E-state index in [-0.39, 0.29) is 5.91 Å². The number of furan rings is 1. The lowest BCUT2D eigenvalue weighted by molar-refractivity contribution is 0.0955. The van der Waals surface area contributed by atoms with Gasteiger partial charge in [0.15, 0.2) is 0 Å². The molecule has 4 rings (SSSR count). The normalized spacial score (nSPS) is 11.2. The molecular formula is C23H22N4O2. The van der Waals surface area contributed by atoms with Crippen LogP contribution in [0.15, 0.2) is 82.8 Å². The first-order chi connectivity index (χ1) is 14.1. The van der Waals surface area contributed by atoms with Gasteiger partial charge in [0.05, 0.1) is 30.3 Å². The van der Waals surface area contributed by atoms with Gasteiger partial charge in [-0.1, -0.05) is 12.1 Å². The van der Waals surface area contributed by atoms with Crippen LogP contribution in [0.5, 0.6) is 0 Å². The summed E-state index contributed by atoms with van der Waals surface area (Å²) in [5.74, 6) is 0.639. The molecule has 0 saturated carbocycles. The molecule has 0 atom stereocenters. The second kappa shape index (κ2) is 8.06. The monoisotopic (exact) mass is 386 g/mol. The van der Waals surface area contributed by atoms with E-state index in [1.165, 1.54) is 0 Å². The Bertz CT molecular complexity index is 1140. The molecule has 0 radical (unpaired) electrons. The van der Waals surface area contributed by atoms with Crippen LogP contribution in [0.25, 0.3) is 5.69 Å². The molecule has 6 nitrogen and oxygen atoms in total. The Labute approximate surface area is 169 Å². The van der Waals surface area contributed by atoms with Crippen LogP contribution >= 0.6 is 0 Å². The van der Waals surface area contributed by atoms with Crippen molar-refractivity contribution >= 4 is 12.1 Å². The summed E-state index contributed by atoms with van der Waals surface area (Å²) in [5.41, 5.74) is 7.12. The highest BCUT2D eigenvalue weighted by Gasteiger charge is 2.12. The highest BCUT2D eigenvalue weighted by molar-refractivity contribution is 5.98. The topological polar surface area (TPSA) is 64.5 Å². The Morgan fingerprint density at radius 2 is 1.90 bits per heavy atom. The van der Waals surface area contributed by atoms with Crippen molar-refractivity contribution in [3.05, 3.63) is 102 Å². The molecule has 0 aliphatic carbocycles. The summed E-state index contributed by atoms with van der Waals surface area (Å²) in [5, 5.41) is 4.18. The van der Waals surface area contributed by atoms with Crippen molar-refractivity contribution in [3.63, 3.8) is 0 Å². The zero-order valence-electron chi connectivity index (χ0n) is 16.4. The van der Waals surface area contributed by atoms with Gasteiger partial charge < -0.3 is 13.6 Å². The number of nitrogens with one attached hydrogen (secondary N) is 1. The smallest absolute Gasteiger partial charge is 0.273 e. The number of hydrazone groups is 1. The fourth-order valence-corrected chi connectivity index (χ4v) is 3.37. The number of hydrogen-bond donors (Lipinski definition) is 1. The van der Waals surface area contributed by atoms with Crippen LogP contribution in [-0.4, -0.2) is 21.3 Å². The summed E-state index contributed by atoms with van der Waals surface area (Å²) in [7, 11) is 0. The van der Waals surface area contributed by atoms with Crippen LogP contribution in [0.1, 0.15) is 33.1 Å². The first-order valence-electron chi connectivity index (χ1n) is 9.38. The lowest BCUT2D eigenvalue weighted by Crippen LogP contribution is -2.19. The van der Waals surface area contributed by atoms with Gasteiger partial charge >= 0.3 is 0 Å². The van der Waals surface area contributed by atoms with Crippen molar-refractivity contribution in [2.24, 2.45) is 5.10 Å². The molecule has 0 aliphatic heterocycles. The molecule has 0 unspecified atom stereocenters. The van der Waals surface area contributed by atoms with Crippen molar-refractivity contribution in [1.29, 1.82) is 0 Å². The van der Waals surface area contributed by atoms with E-state index < -0.39 is 0 Å². The molecule has 4 aromatic rings. The molecular weight excluding hydrogens is 364 g/mol. The summed E-state index contributed by atoms with van der Waals surface area (Å²) in [6.45, 7) is 4.73. The standard InChI is InChI=1S/C23H22N4O2/c1-17-14-19(18(2)27(17)16-20-8-7-13-29-20)15-24-25-23(28)21-9-3-4-10-22(21)26-11-5-6-12-26/h3-15H,16H2,1-2H3,(H,25,28)/b24-15-. The van der Waals surface area contributed by atoms with Gasteiger partial charge in [-0.3, -0.25) is 4.79 Å². The van der Waals surface area contributed by atoms with E-state index in [1.54, 1.807) is 18.5 Å². The van der Waals surface area contributed by atoms with Crippen LogP contribution in [0.3, 0.4) is 0 Å². The van der Waals surface area contributed by atoms with Crippen LogP contribution in [0, 0.1) is 13.8 Å². The number of amides is 1. The molecule has 29 heavy (non-hydrogen) atoms. The van der Waals surface area contributed by atoms with Crippen LogP contribution in [-0.2, 0) is 6.54 Å². The highest BCUT2D eigenvalue weighted by Crippen LogP contribution is 2.17. The molecule has 6 heteroatoms. The fourth-order valence-electron chi connectivity index (χ4n) is 3.37. The molecule has 0 bridgehead atoms. The number of nitrogens with zero attached hydrogens (tertiary/aromatic N) is 3. The lowest BCUT2D eigenvalue weighted by atomic mass is 10.1. The van der Waals surface area contributed by atoms with E-state index in [0.717, 1.165) is 28.4 Å². The van der Waals surface area contributed by atoms with E-state index >= 15 is 0 Å². The Morgan fingerprint density at radius 1 is 1.10 bits per heavy atom. The average molecular weight is 386 g/mol. The molecule has 3 heterocycles. The second-order valence-electron chi connectivity index (χ2n) is 6.80. The maximum Gasteiger partial charge on any atom is 0.273 e. The average Bonchev–Trinajstić information content (AvgIpc) is 3.48. The quantitative estimate of drug-likeness (QED) is 0.397. The lowest BCUT2D eigenvalue weighted by Gasteiger charge is -2.09. The molecule has 146 valence electrons. The first-order valence-corrected chi connectivity index (χ1v) is 9.38. The van der Waals surface area contributed by atoms with E-state index in [1.807, 2.05) is 79.3 Å². The molecule has 1 aromatic carbocycles. The number of para-hydroxylation sites is 1. The van der Waals surface area contributed by atoms with Gasteiger partial charge in [0.2, 0.25) is 0 Å². The molecule has 1 amide bonds. The van der Waals surface area contributed by atoms with Gasteiger partial charge in [-0.15, -0.1) is 0 Å². The predicted octanol–water partition coefficient (Wildman–Crippen LogP) is 4.30. The Kier molecular flexibility index (Phi) is 5.16. The van der Waals surface area contributed by atoms with Gasteiger partial charge in [-0.05, 0) is 56.3 Å². The predicted molar refractivity (Wildman–Crippen MR) is 113 cm³/mol. The maximum absolute atomic E-state index is 12.7. The number of carbonyl (C=O) groups excluding carboxylic acids is 1. The number of benzene rings is 1. The summed E-state index contributed by atoms with van der Waals surface area (Å²) >= 11 is 0. The van der Waals surface area contributed by atoms with Gasteiger partial charge in [0.25, 0.3) is 5.91 Å². The third kappa shape index (κ3) is 3.91. The minimum Gasteiger partial charge on any atom is -0.467 e. The number of aryl methyl sites for hydroxylation is 1. The number of aromatic nitrogens is 2. The van der Waals surface area contributed by atoms with E-state index in [2.05, 4.69) is 15.1 Å². The molecule has 1 N–H and O–H groups in total. The fraction of sp³-hybridized carbons (Fsp3) is 0.130. The first kappa shape index (κ1) is 18.6. The third-order valence-corrected chi connectivity index (χ3v) is 4.91. The van der Waals surface area contributed by atoms with Crippen molar-refractivity contribution in [3.8, 4) is 5.69 Å². The van der Waals surface area contributed by atoms with Crippen molar-refractivity contribution < 1.29 is 9.21 Å². The zero-order valence-corrected chi connectivity index (χ0v) is 16.4. The summed E-state index contributed by atoms with van der Waals surface area (Å²) in [6, 6.07) is 17.2. The SMILES string of the molecule is Cc1cc(/C=N\NC(=O)c2ccccc2-n2cccc2)c(C)n1Cc1ccco1. The second-order valence-corrected chi connectivity index (χ2v) is 6.80. The highest BCUT2D eigenvalue weighted by atomic mass is 16.3. The Hall–Kier alpha value is -3.80. The van der Waals surface area contributed by atoms with Crippen molar-refractivity contribution in [1.82, 2.24) is 14.6 Å². The molecule has 0 saturated heterocycles. The van der Waals surface area contributed by atoms with Gasteiger partial charge in [-0.25, -0.2) is 5.43 Å². The number of rotatable bonds is 6. The largest absolute Gasteiger partial charge is 0.467 e. The Morgan fingerprint density at radius 3 is 2.66 bits per heavy atom. The third-order valence-electron chi connectivity index (χ3n) is 4.91. The minimum atomic E-state index is -0.255.